The van der Waals surface area contributed by atoms with E-state index in [-0.39, 0.29) is 6.04 Å². The summed E-state index contributed by atoms with van der Waals surface area (Å²) in [6, 6.07) is 7.60. The van der Waals surface area contributed by atoms with Crippen LogP contribution >= 0.6 is 0 Å². The highest BCUT2D eigenvalue weighted by Crippen LogP contribution is 2.12. The second kappa shape index (κ2) is 5.70. The second-order valence-corrected chi connectivity index (χ2v) is 4.12. The van der Waals surface area contributed by atoms with Gasteiger partial charge in [-0.05, 0) is 31.2 Å². The molecule has 0 aromatic carbocycles. The molecule has 2 rings (SSSR count). The maximum absolute atomic E-state index is 9.80. The van der Waals surface area contributed by atoms with Crippen molar-refractivity contribution in [3.05, 3.63) is 48.3 Å². The molecule has 0 aliphatic heterocycles. The fraction of sp³-hybridized carbons (Fsp3) is 0.385. The molecule has 0 radical (unpaired) electrons. The van der Waals surface area contributed by atoms with Crippen LogP contribution in [0.5, 0.6) is 0 Å². The summed E-state index contributed by atoms with van der Waals surface area (Å²) in [7, 11) is 0. The first-order valence-electron chi connectivity index (χ1n) is 5.73. The molecule has 4 nitrogen and oxygen atoms in total. The van der Waals surface area contributed by atoms with E-state index in [1.54, 1.807) is 24.7 Å². The van der Waals surface area contributed by atoms with Crippen LogP contribution in [0.1, 0.15) is 24.5 Å². The minimum Gasteiger partial charge on any atom is -0.469 e. The zero-order chi connectivity index (χ0) is 12.1. The highest BCUT2D eigenvalue weighted by atomic mass is 16.4. The number of rotatable bonds is 6. The molecule has 0 saturated heterocycles. The van der Waals surface area contributed by atoms with E-state index in [4.69, 9.17) is 8.83 Å². The molecule has 2 atom stereocenters. The van der Waals surface area contributed by atoms with Crippen molar-refractivity contribution in [2.24, 2.45) is 0 Å². The van der Waals surface area contributed by atoms with Crippen molar-refractivity contribution < 1.29 is 13.9 Å². The van der Waals surface area contributed by atoms with Gasteiger partial charge in [-0.15, -0.1) is 0 Å². The Hall–Kier alpha value is -1.52. The fourth-order valence-electron chi connectivity index (χ4n) is 1.70. The maximum atomic E-state index is 9.80. The fourth-order valence-corrected chi connectivity index (χ4v) is 1.70. The predicted octanol–water partition coefficient (Wildman–Crippen LogP) is 2.13. The van der Waals surface area contributed by atoms with Gasteiger partial charge < -0.3 is 19.3 Å². The highest BCUT2D eigenvalue weighted by Gasteiger charge is 2.12. The standard InChI is InChI=1S/C13H17NO3/c1-10(8-11-4-2-6-16-11)14-9-12(15)13-5-3-7-17-13/h2-7,10,12,14-15H,8-9H2,1H3. The van der Waals surface area contributed by atoms with Crippen molar-refractivity contribution >= 4 is 0 Å². The van der Waals surface area contributed by atoms with Crippen LogP contribution in [0.25, 0.3) is 0 Å². The summed E-state index contributed by atoms with van der Waals surface area (Å²) in [6.07, 6.45) is 3.42. The second-order valence-electron chi connectivity index (χ2n) is 4.12. The van der Waals surface area contributed by atoms with Gasteiger partial charge in [-0.2, -0.15) is 0 Å². The maximum Gasteiger partial charge on any atom is 0.133 e. The zero-order valence-electron chi connectivity index (χ0n) is 9.80. The molecule has 0 fully saturated rings. The Morgan fingerprint density at radius 2 is 2.00 bits per heavy atom. The lowest BCUT2D eigenvalue weighted by atomic mass is 10.2. The van der Waals surface area contributed by atoms with Crippen LogP contribution in [0.2, 0.25) is 0 Å². The molecule has 0 aliphatic carbocycles. The molecule has 4 heteroatoms. The zero-order valence-corrected chi connectivity index (χ0v) is 9.80. The smallest absolute Gasteiger partial charge is 0.133 e. The van der Waals surface area contributed by atoms with Crippen LogP contribution in [0.4, 0.5) is 0 Å². The van der Waals surface area contributed by atoms with E-state index in [0.29, 0.717) is 12.3 Å². The summed E-state index contributed by atoms with van der Waals surface area (Å²) in [6.45, 7) is 2.52. The van der Waals surface area contributed by atoms with Crippen molar-refractivity contribution in [1.29, 1.82) is 0 Å². The first-order chi connectivity index (χ1) is 8.25. The van der Waals surface area contributed by atoms with Crippen molar-refractivity contribution in [1.82, 2.24) is 5.32 Å². The van der Waals surface area contributed by atoms with Gasteiger partial charge in [-0.1, -0.05) is 0 Å². The van der Waals surface area contributed by atoms with E-state index >= 15 is 0 Å². The summed E-state index contributed by atoms with van der Waals surface area (Å²) in [5, 5.41) is 13.0. The SMILES string of the molecule is CC(Cc1ccco1)NCC(O)c1ccco1. The molecule has 2 unspecified atom stereocenters. The van der Waals surface area contributed by atoms with Crippen molar-refractivity contribution in [3.8, 4) is 0 Å². The van der Waals surface area contributed by atoms with Crippen molar-refractivity contribution in [2.75, 3.05) is 6.54 Å². The molecule has 2 aromatic heterocycles. The molecule has 0 amide bonds. The molecule has 0 spiro atoms. The lowest BCUT2D eigenvalue weighted by molar-refractivity contribution is 0.143. The third-order valence-electron chi connectivity index (χ3n) is 2.62. The van der Waals surface area contributed by atoms with E-state index in [9.17, 15) is 5.11 Å². The minimum absolute atomic E-state index is 0.241. The Morgan fingerprint density at radius 1 is 1.24 bits per heavy atom. The third-order valence-corrected chi connectivity index (χ3v) is 2.62. The van der Waals surface area contributed by atoms with Gasteiger partial charge in [0.1, 0.15) is 17.6 Å². The van der Waals surface area contributed by atoms with E-state index in [1.165, 1.54) is 0 Å². The van der Waals surface area contributed by atoms with Crippen LogP contribution in [-0.2, 0) is 6.42 Å². The third kappa shape index (κ3) is 3.47. The first kappa shape index (κ1) is 12.0. The average Bonchev–Trinajstić information content (AvgIpc) is 2.97. The van der Waals surface area contributed by atoms with Crippen LogP contribution in [-0.4, -0.2) is 17.7 Å². The Balaban J connectivity index is 1.74. The number of nitrogens with one attached hydrogen (secondary N) is 1. The van der Waals surface area contributed by atoms with Gasteiger partial charge in [0.25, 0.3) is 0 Å². The number of aliphatic hydroxyl groups is 1. The lowest BCUT2D eigenvalue weighted by Gasteiger charge is -2.14. The van der Waals surface area contributed by atoms with Gasteiger partial charge in [-0.3, -0.25) is 0 Å². The summed E-state index contributed by atoms with van der Waals surface area (Å²) < 4.78 is 10.4. The van der Waals surface area contributed by atoms with Gasteiger partial charge in [0.15, 0.2) is 0 Å². The van der Waals surface area contributed by atoms with Gasteiger partial charge >= 0.3 is 0 Å². The lowest BCUT2D eigenvalue weighted by Crippen LogP contribution is -2.31. The normalized spacial score (nSPS) is 14.7. The molecule has 0 aliphatic rings. The molecule has 92 valence electrons. The molecule has 0 saturated carbocycles. The largest absolute Gasteiger partial charge is 0.469 e. The van der Waals surface area contributed by atoms with E-state index < -0.39 is 6.10 Å². The molecular weight excluding hydrogens is 218 g/mol. The predicted molar refractivity (Wildman–Crippen MR) is 63.5 cm³/mol. The molecule has 0 bridgehead atoms. The monoisotopic (exact) mass is 235 g/mol. The summed E-state index contributed by atoms with van der Waals surface area (Å²) >= 11 is 0. The summed E-state index contributed by atoms with van der Waals surface area (Å²) in [5.74, 6) is 1.53. The number of furan rings is 2. The van der Waals surface area contributed by atoms with E-state index in [1.807, 2.05) is 12.1 Å². The Labute approximate surface area is 100 Å². The van der Waals surface area contributed by atoms with E-state index in [0.717, 1.165) is 12.2 Å². The van der Waals surface area contributed by atoms with Crippen molar-refractivity contribution in [2.45, 2.75) is 25.5 Å². The van der Waals surface area contributed by atoms with Gasteiger partial charge in [0.2, 0.25) is 0 Å². The molecule has 2 aromatic rings. The van der Waals surface area contributed by atoms with Crippen LogP contribution in [0.3, 0.4) is 0 Å². The molecular formula is C13H17NO3. The molecule has 17 heavy (non-hydrogen) atoms. The van der Waals surface area contributed by atoms with Crippen molar-refractivity contribution in [3.63, 3.8) is 0 Å². The molecule has 2 N–H and O–H groups in total. The van der Waals surface area contributed by atoms with Gasteiger partial charge in [0.05, 0.1) is 12.5 Å². The summed E-state index contributed by atoms with van der Waals surface area (Å²) in [5.41, 5.74) is 0. The first-order valence-corrected chi connectivity index (χ1v) is 5.73. The topological polar surface area (TPSA) is 58.5 Å². The number of aliphatic hydroxyl groups excluding tert-OH is 1. The van der Waals surface area contributed by atoms with Crippen LogP contribution in [0, 0.1) is 0 Å². The van der Waals surface area contributed by atoms with Crippen LogP contribution < -0.4 is 5.32 Å². The number of hydrogen-bond donors (Lipinski definition) is 2. The Bertz CT molecular complexity index is 408. The van der Waals surface area contributed by atoms with Gasteiger partial charge in [0, 0.05) is 19.0 Å². The Morgan fingerprint density at radius 3 is 2.65 bits per heavy atom. The molecule has 2 heterocycles. The minimum atomic E-state index is -0.607. The van der Waals surface area contributed by atoms with E-state index in [2.05, 4.69) is 12.2 Å². The number of hydrogen-bond acceptors (Lipinski definition) is 4. The highest BCUT2D eigenvalue weighted by molar-refractivity contribution is 5.03. The summed E-state index contributed by atoms with van der Waals surface area (Å²) in [4.78, 5) is 0. The quantitative estimate of drug-likeness (QED) is 0.805. The van der Waals surface area contributed by atoms with Gasteiger partial charge in [-0.25, -0.2) is 0 Å². The average molecular weight is 235 g/mol. The Kier molecular flexibility index (Phi) is 4.01. The van der Waals surface area contributed by atoms with Crippen LogP contribution in [0.15, 0.2) is 45.6 Å².